The molecule has 1 aliphatic rings. The van der Waals surface area contributed by atoms with Crippen LogP contribution in [0, 0.1) is 24.7 Å². The molecule has 2 N–H and O–H groups in total. The van der Waals surface area contributed by atoms with Gasteiger partial charge in [0, 0.05) is 6.04 Å². The summed E-state index contributed by atoms with van der Waals surface area (Å²) < 4.78 is 0. The molecule has 3 atom stereocenters. The predicted octanol–water partition coefficient (Wildman–Crippen LogP) is 2.30. The summed E-state index contributed by atoms with van der Waals surface area (Å²) >= 11 is 0. The van der Waals surface area contributed by atoms with E-state index < -0.39 is 0 Å². The highest BCUT2D eigenvalue weighted by atomic mass is 16.2. The smallest absolute Gasteiger partial charge is 0.291 e. The number of H-pyrrole nitrogens is 1. The van der Waals surface area contributed by atoms with Gasteiger partial charge in [0.25, 0.3) is 5.91 Å². The molecule has 0 spiro atoms. The molecule has 106 valence electrons. The number of carbonyl (C=O) groups is 1. The van der Waals surface area contributed by atoms with Gasteiger partial charge >= 0.3 is 0 Å². The van der Waals surface area contributed by atoms with E-state index in [-0.39, 0.29) is 17.8 Å². The van der Waals surface area contributed by atoms with Crippen molar-refractivity contribution >= 4 is 5.91 Å². The molecule has 1 aromatic rings. The molecule has 2 rings (SSSR count). The molecule has 5 nitrogen and oxygen atoms in total. The summed E-state index contributed by atoms with van der Waals surface area (Å²) in [5.74, 6) is 2.58. The Bertz CT molecular complexity index is 440. The van der Waals surface area contributed by atoms with Crippen molar-refractivity contribution in [1.29, 1.82) is 0 Å². The summed E-state index contributed by atoms with van der Waals surface area (Å²) in [6.45, 7) is 8.52. The third-order valence-electron chi connectivity index (χ3n) is 4.14. The monoisotopic (exact) mass is 264 g/mol. The van der Waals surface area contributed by atoms with E-state index in [0.717, 1.165) is 6.42 Å². The average Bonchev–Trinajstić information content (AvgIpc) is 2.75. The van der Waals surface area contributed by atoms with Crippen molar-refractivity contribution in [3.8, 4) is 0 Å². The van der Waals surface area contributed by atoms with Crippen LogP contribution in [0.2, 0.25) is 0 Å². The number of amides is 1. The Labute approximate surface area is 114 Å². The number of hydrogen-bond donors (Lipinski definition) is 2. The number of rotatable bonds is 3. The molecule has 0 radical (unpaired) electrons. The van der Waals surface area contributed by atoms with Gasteiger partial charge in [-0.25, -0.2) is 4.98 Å². The Morgan fingerprint density at radius 2 is 2.16 bits per heavy atom. The zero-order chi connectivity index (χ0) is 14.0. The summed E-state index contributed by atoms with van der Waals surface area (Å²) in [6.07, 6.45) is 3.50. The van der Waals surface area contributed by atoms with Crippen LogP contribution in [0.1, 0.15) is 56.5 Å². The molecule has 0 aliphatic heterocycles. The number of nitrogens with zero attached hydrogens (tertiary/aromatic N) is 2. The second-order valence-electron chi connectivity index (χ2n) is 6.15. The molecule has 5 heteroatoms. The molecule has 1 saturated carbocycles. The highest BCUT2D eigenvalue weighted by Crippen LogP contribution is 2.33. The summed E-state index contributed by atoms with van der Waals surface area (Å²) in [5, 5.41) is 9.76. The SMILES string of the molecule is Cc1nc(C(=O)NC2CC(C)CCC2C(C)C)n[nH]1. The predicted molar refractivity (Wildman–Crippen MR) is 73.7 cm³/mol. The van der Waals surface area contributed by atoms with Gasteiger partial charge in [-0.1, -0.05) is 27.2 Å². The Balaban J connectivity index is 2.04. The number of aromatic nitrogens is 3. The van der Waals surface area contributed by atoms with Crippen molar-refractivity contribution in [2.45, 2.75) is 53.0 Å². The van der Waals surface area contributed by atoms with Crippen LogP contribution in [-0.2, 0) is 0 Å². The van der Waals surface area contributed by atoms with E-state index in [1.54, 1.807) is 6.92 Å². The number of aryl methyl sites for hydroxylation is 1. The van der Waals surface area contributed by atoms with E-state index in [4.69, 9.17) is 0 Å². The molecule has 1 heterocycles. The van der Waals surface area contributed by atoms with Gasteiger partial charge in [-0.2, -0.15) is 0 Å². The molecule has 0 bridgehead atoms. The minimum Gasteiger partial charge on any atom is -0.346 e. The summed E-state index contributed by atoms with van der Waals surface area (Å²) in [5.41, 5.74) is 0. The Morgan fingerprint density at radius 3 is 2.74 bits per heavy atom. The maximum absolute atomic E-state index is 12.1. The molecule has 0 aromatic carbocycles. The Morgan fingerprint density at radius 1 is 1.42 bits per heavy atom. The minimum absolute atomic E-state index is 0.158. The van der Waals surface area contributed by atoms with Crippen LogP contribution in [0.25, 0.3) is 0 Å². The first kappa shape index (κ1) is 14.0. The summed E-state index contributed by atoms with van der Waals surface area (Å²) in [7, 11) is 0. The van der Waals surface area contributed by atoms with Gasteiger partial charge in [0.2, 0.25) is 5.82 Å². The number of aromatic amines is 1. The van der Waals surface area contributed by atoms with Crippen molar-refractivity contribution in [3.05, 3.63) is 11.6 Å². The molecule has 1 amide bonds. The second kappa shape index (κ2) is 5.72. The van der Waals surface area contributed by atoms with Crippen LogP contribution < -0.4 is 5.32 Å². The molecule has 1 aromatic heterocycles. The quantitative estimate of drug-likeness (QED) is 0.880. The molecule has 19 heavy (non-hydrogen) atoms. The summed E-state index contributed by atoms with van der Waals surface area (Å²) in [4.78, 5) is 16.2. The van der Waals surface area contributed by atoms with Crippen molar-refractivity contribution in [3.63, 3.8) is 0 Å². The largest absolute Gasteiger partial charge is 0.346 e. The van der Waals surface area contributed by atoms with Gasteiger partial charge in [-0.3, -0.25) is 9.89 Å². The maximum atomic E-state index is 12.1. The number of nitrogens with one attached hydrogen (secondary N) is 2. The lowest BCUT2D eigenvalue weighted by Gasteiger charge is -2.37. The molecule has 1 fully saturated rings. The highest BCUT2D eigenvalue weighted by Gasteiger charge is 2.32. The first-order chi connectivity index (χ1) is 8.97. The highest BCUT2D eigenvalue weighted by molar-refractivity contribution is 5.90. The van der Waals surface area contributed by atoms with E-state index in [1.807, 2.05) is 0 Å². The fourth-order valence-electron chi connectivity index (χ4n) is 3.05. The van der Waals surface area contributed by atoms with Crippen LogP contribution in [0.3, 0.4) is 0 Å². The van der Waals surface area contributed by atoms with E-state index in [9.17, 15) is 4.79 Å². The van der Waals surface area contributed by atoms with E-state index in [0.29, 0.717) is 23.6 Å². The topological polar surface area (TPSA) is 70.7 Å². The van der Waals surface area contributed by atoms with E-state index in [1.165, 1.54) is 12.8 Å². The first-order valence-corrected chi connectivity index (χ1v) is 7.17. The van der Waals surface area contributed by atoms with Crippen LogP contribution in [-0.4, -0.2) is 27.1 Å². The third kappa shape index (κ3) is 3.33. The molecular formula is C14H24N4O. The third-order valence-corrected chi connectivity index (χ3v) is 4.14. The van der Waals surface area contributed by atoms with Crippen LogP contribution >= 0.6 is 0 Å². The van der Waals surface area contributed by atoms with Crippen molar-refractivity contribution in [2.75, 3.05) is 0 Å². The Kier molecular flexibility index (Phi) is 4.22. The Hall–Kier alpha value is -1.39. The molecule has 3 unspecified atom stereocenters. The second-order valence-corrected chi connectivity index (χ2v) is 6.15. The lowest BCUT2D eigenvalue weighted by molar-refractivity contribution is 0.0857. The van der Waals surface area contributed by atoms with Gasteiger partial charge in [0.15, 0.2) is 0 Å². The van der Waals surface area contributed by atoms with Crippen molar-refractivity contribution < 1.29 is 4.79 Å². The fraction of sp³-hybridized carbons (Fsp3) is 0.786. The fourth-order valence-corrected chi connectivity index (χ4v) is 3.05. The van der Waals surface area contributed by atoms with E-state index in [2.05, 4.69) is 41.3 Å². The van der Waals surface area contributed by atoms with Gasteiger partial charge in [0.05, 0.1) is 0 Å². The van der Waals surface area contributed by atoms with Gasteiger partial charge in [-0.05, 0) is 37.5 Å². The average molecular weight is 264 g/mol. The van der Waals surface area contributed by atoms with Gasteiger partial charge in [-0.15, -0.1) is 5.10 Å². The van der Waals surface area contributed by atoms with Crippen LogP contribution in [0.4, 0.5) is 0 Å². The molecular weight excluding hydrogens is 240 g/mol. The summed E-state index contributed by atoms with van der Waals surface area (Å²) in [6, 6.07) is 0.245. The number of carbonyl (C=O) groups excluding carboxylic acids is 1. The minimum atomic E-state index is -0.158. The first-order valence-electron chi connectivity index (χ1n) is 7.17. The van der Waals surface area contributed by atoms with E-state index >= 15 is 0 Å². The molecule has 0 saturated heterocycles. The zero-order valence-electron chi connectivity index (χ0n) is 12.2. The molecule has 1 aliphatic carbocycles. The van der Waals surface area contributed by atoms with Crippen LogP contribution in [0.15, 0.2) is 0 Å². The van der Waals surface area contributed by atoms with Crippen molar-refractivity contribution in [1.82, 2.24) is 20.5 Å². The van der Waals surface area contributed by atoms with Gasteiger partial charge < -0.3 is 5.32 Å². The standard InChI is InChI=1S/C14H24N4O/c1-8(2)11-6-5-9(3)7-12(11)16-14(19)13-15-10(4)17-18-13/h8-9,11-12H,5-7H2,1-4H3,(H,16,19)(H,15,17,18). The lowest BCUT2D eigenvalue weighted by Crippen LogP contribution is -2.45. The van der Waals surface area contributed by atoms with Crippen LogP contribution in [0.5, 0.6) is 0 Å². The maximum Gasteiger partial charge on any atom is 0.291 e. The number of hydrogen-bond acceptors (Lipinski definition) is 3. The van der Waals surface area contributed by atoms with Crippen molar-refractivity contribution in [2.24, 2.45) is 17.8 Å². The van der Waals surface area contributed by atoms with Gasteiger partial charge in [0.1, 0.15) is 5.82 Å². The normalized spacial score (nSPS) is 27.5. The zero-order valence-corrected chi connectivity index (χ0v) is 12.2. The lowest BCUT2D eigenvalue weighted by atomic mass is 9.74.